The molecule has 0 spiro atoms. The Kier molecular flexibility index (Phi) is 41.0. The lowest BCUT2D eigenvalue weighted by Crippen LogP contribution is -2.45. The van der Waals surface area contributed by atoms with Gasteiger partial charge in [-0.2, -0.15) is 20.4 Å². The second-order valence-electron chi connectivity index (χ2n) is 33.9. The minimum atomic E-state index is -0.952. The summed E-state index contributed by atoms with van der Waals surface area (Å²) in [6.45, 7) is 13.5. The zero-order valence-electron chi connectivity index (χ0n) is 82.6. The number of ketones is 5. The fourth-order valence-electron chi connectivity index (χ4n) is 16.6. The van der Waals surface area contributed by atoms with Crippen molar-refractivity contribution in [2.45, 2.75) is 111 Å². The summed E-state index contributed by atoms with van der Waals surface area (Å²) in [7, 11) is 0. The summed E-state index contributed by atoms with van der Waals surface area (Å²) in [5.41, 5.74) is 23.7. The maximum absolute atomic E-state index is 13.8. The molecule has 2 aliphatic heterocycles. The van der Waals surface area contributed by atoms with Crippen LogP contribution >= 0.6 is 0 Å². The van der Waals surface area contributed by atoms with Crippen molar-refractivity contribution in [3.63, 3.8) is 0 Å². The number of Topliss-reactive ketones (excluding diaryl/α,β-unsaturated/α-hetero) is 5. The van der Waals surface area contributed by atoms with E-state index in [9.17, 15) is 52.9 Å². The molecule has 10 aromatic carbocycles. The van der Waals surface area contributed by atoms with Gasteiger partial charge in [0.1, 0.15) is 28.4 Å². The third-order valence-electron chi connectivity index (χ3n) is 23.9. The first kappa shape index (κ1) is 108. The number of nitrogens with one attached hydrogen (secondary N) is 1. The number of aryl methyl sites for hydroxylation is 2. The molecule has 8 heterocycles. The van der Waals surface area contributed by atoms with Gasteiger partial charge in [-0.25, -0.2) is 33.2 Å². The normalized spacial score (nSPS) is 11.9. The number of esters is 4. The number of nitroso groups, excluding NO2 is 1. The molecule has 0 atom stereocenters. The van der Waals surface area contributed by atoms with Crippen LogP contribution in [-0.4, -0.2) is 177 Å². The largest absolute Gasteiger partial charge is 0.462 e. The number of anilines is 1. The summed E-state index contributed by atoms with van der Waals surface area (Å²) in [5.74, 6) is -2.76. The van der Waals surface area contributed by atoms with Gasteiger partial charge in [0.25, 0.3) is 11.6 Å². The van der Waals surface area contributed by atoms with Crippen molar-refractivity contribution in [3.8, 4) is 67.8 Å². The number of carbonyl (C=O) groups is 10. The van der Waals surface area contributed by atoms with Gasteiger partial charge in [-0.05, 0) is 199 Å². The molecule has 18 rings (SSSR count). The van der Waals surface area contributed by atoms with Crippen molar-refractivity contribution >= 4 is 70.1 Å². The Morgan fingerprint density at radius 1 is 0.415 bits per heavy atom. The topological polar surface area (TPSA) is 400 Å². The number of aromatic amines is 1. The van der Waals surface area contributed by atoms with Crippen LogP contribution in [0.3, 0.4) is 0 Å². The van der Waals surface area contributed by atoms with Gasteiger partial charge < -0.3 is 40.0 Å². The van der Waals surface area contributed by atoms with E-state index in [0.717, 1.165) is 104 Å². The third kappa shape index (κ3) is 30.5. The molecule has 2 saturated heterocycles. The van der Waals surface area contributed by atoms with Gasteiger partial charge in [-0.15, -0.1) is 4.91 Å². The van der Waals surface area contributed by atoms with Crippen LogP contribution in [0.1, 0.15) is 164 Å². The number of piperidine rings is 1. The van der Waals surface area contributed by atoms with Crippen LogP contribution in [0.15, 0.2) is 358 Å². The van der Waals surface area contributed by atoms with Crippen LogP contribution in [0, 0.1) is 4.91 Å². The number of benzene rings is 10. The van der Waals surface area contributed by atoms with Crippen molar-refractivity contribution in [2.24, 2.45) is 5.18 Å². The van der Waals surface area contributed by atoms with E-state index in [-0.39, 0.29) is 47.1 Å². The SMILES string of the molecule is CC(=O)c1ccccc1.CCOC(=O)C(=O)CC(=O)c1ccccc1.CCOC(=O)c1c[nH][n+](-c2ccc(N=O)cc2)c1-c1ccccc1.CCOC(=O)c1cnn(-c2ccc(CC(=O)CCc3cccnc3)cc2)c1-c1ccccc1.CCOC(=O)c1cnn(-c2ccc(N)cc2)c1-c1ccccc1.O.O=C(CCc1cccnc1)Cc1ccc(-n2ncc(C(=O)N3CCC(N4CCCC4)CC3)c2-c2ccccc2)cc1. The van der Waals surface area contributed by atoms with Crippen LogP contribution in [0.25, 0.3) is 67.8 Å². The number of nitrogen functional groups attached to an aromatic ring is 1. The second-order valence-corrected chi connectivity index (χ2v) is 33.9. The highest BCUT2D eigenvalue weighted by atomic mass is 16.5. The standard InChI is InChI=1S/C34H37N5O2.C27H25N3O3.C18H15N3O3.C18H17N3O2.C12H12O4.C8H8O.H2O/c40-31(15-12-27-7-6-18-35-24-27)23-26-10-13-30(14-11-26)39-33(28-8-2-1-3-9-28)32(25-36-39)34(41)38-21-16-29(17-22-38)37-19-4-5-20-37;1-2-33-27(32)25-19-29-30(26(25)22-8-4-3-5-9-22)23-13-10-20(11-14-23)17-24(31)15-12-21-7-6-16-28-18-21;1-2-24-18(22)16-12-19-21(15-10-8-14(20-23)9-11-15)17(16)13-6-4-3-5-7-13;1-2-23-18(22)16-12-20-21(15-10-8-14(19)9-11-15)17(16)13-6-4-3-5-7-13;1-2-16-12(15)11(14)8-10(13)9-6-4-3-5-7-9;1-7(9)8-5-3-2-4-6-8;/h1-3,6-11,13-14,18,24-25,29H,4-5,12,15-17,19-23H2;3-11,13-14,16,18-19H,2,12,15,17H2,1H3;3-12H,2H2,1H3;3-12H,2,19H2,1H3;3-7H,2,8H2,1H3;2-6H,1H3;1H2/p+1. The molecule has 6 aromatic heterocycles. The first-order valence-electron chi connectivity index (χ1n) is 48.5. The molecule has 30 heteroatoms. The van der Waals surface area contributed by atoms with Gasteiger partial charge in [0, 0.05) is 115 Å². The number of rotatable bonds is 33. The lowest BCUT2D eigenvalue weighted by atomic mass is 10.0. The summed E-state index contributed by atoms with van der Waals surface area (Å²) in [6, 6.07) is 94.5. The lowest BCUT2D eigenvalue weighted by Gasteiger charge is -2.36. The predicted molar refractivity (Wildman–Crippen MR) is 562 cm³/mol. The lowest BCUT2D eigenvalue weighted by molar-refractivity contribution is -0.644. The Hall–Kier alpha value is -17.6. The molecule has 0 saturated carbocycles. The number of H-pyrrole nitrogens is 1. The molecule has 147 heavy (non-hydrogen) atoms. The minimum Gasteiger partial charge on any atom is -0.462 e. The van der Waals surface area contributed by atoms with E-state index < -0.39 is 30.1 Å². The summed E-state index contributed by atoms with van der Waals surface area (Å²) in [5, 5.41) is 19.5. The molecule has 0 unspecified atom stereocenters. The fraction of sp³-hybridized carbons (Fsp3) is 0.214. The van der Waals surface area contributed by atoms with E-state index in [2.05, 4.69) is 40.1 Å². The Morgan fingerprint density at radius 3 is 1.20 bits per heavy atom. The molecule has 2 fully saturated rings. The smallest absolute Gasteiger partial charge is 0.375 e. The Bertz CT molecular complexity index is 6990. The zero-order valence-corrected chi connectivity index (χ0v) is 82.6. The van der Waals surface area contributed by atoms with E-state index in [0.29, 0.717) is 121 Å². The fourth-order valence-corrected chi connectivity index (χ4v) is 16.6. The van der Waals surface area contributed by atoms with Crippen LogP contribution in [-0.2, 0) is 63.8 Å². The van der Waals surface area contributed by atoms with E-state index in [1.54, 1.807) is 146 Å². The van der Waals surface area contributed by atoms with Gasteiger partial charge in [0.15, 0.2) is 17.1 Å². The number of aromatic nitrogens is 10. The first-order valence-corrected chi connectivity index (χ1v) is 48.5. The summed E-state index contributed by atoms with van der Waals surface area (Å²) in [6.07, 6.45) is 20.8. The van der Waals surface area contributed by atoms with Gasteiger partial charge in [0.05, 0.1) is 103 Å². The molecule has 2 aliphatic rings. The molecule has 0 bridgehead atoms. The van der Waals surface area contributed by atoms with Gasteiger partial charge in [-0.3, -0.25) is 38.7 Å². The van der Waals surface area contributed by atoms with Gasteiger partial charge in [0.2, 0.25) is 11.5 Å². The number of nitrogens with zero attached hydrogens (tertiary/aromatic N) is 12. The average molecular weight is 1980 g/mol. The molecule has 1 amide bonds. The zero-order chi connectivity index (χ0) is 103. The molecule has 5 N–H and O–H groups in total. The number of ether oxygens (including phenoxy) is 4. The second kappa shape index (κ2) is 55.7. The molecule has 16 aromatic rings. The van der Waals surface area contributed by atoms with Gasteiger partial charge >= 0.3 is 23.9 Å². The quantitative estimate of drug-likeness (QED) is 0.00564. The van der Waals surface area contributed by atoms with Crippen LogP contribution < -0.4 is 10.4 Å². The number of carbonyl (C=O) groups excluding carboxylic acids is 10. The minimum absolute atomic E-state index is 0. The van der Waals surface area contributed by atoms with Crippen molar-refractivity contribution in [1.82, 2.24) is 54.2 Å². The monoisotopic (exact) mass is 1970 g/mol. The van der Waals surface area contributed by atoms with E-state index in [4.69, 9.17) is 25.0 Å². The number of nitrogens with two attached hydrogens (primary N) is 1. The number of likely N-dealkylation sites (tertiary alicyclic amines) is 2. The number of hydrogen-bond donors (Lipinski definition) is 2. The van der Waals surface area contributed by atoms with E-state index in [1.165, 1.54) is 38.3 Å². The predicted octanol–water partition coefficient (Wildman–Crippen LogP) is 19.5. The van der Waals surface area contributed by atoms with Crippen molar-refractivity contribution in [1.29, 1.82) is 0 Å². The summed E-state index contributed by atoms with van der Waals surface area (Å²) in [4.78, 5) is 144. The highest BCUT2D eigenvalue weighted by molar-refractivity contribution is 6.38. The summed E-state index contributed by atoms with van der Waals surface area (Å²) >= 11 is 0. The number of amides is 1. The van der Waals surface area contributed by atoms with Crippen molar-refractivity contribution in [2.75, 3.05) is 58.3 Å². The Balaban J connectivity index is 0.000000164. The number of pyridine rings is 2. The maximum atomic E-state index is 13.8. The van der Waals surface area contributed by atoms with Crippen LogP contribution in [0.4, 0.5) is 11.4 Å². The molecule has 750 valence electrons. The molecule has 30 nitrogen and oxygen atoms in total. The van der Waals surface area contributed by atoms with Crippen molar-refractivity contribution in [3.05, 3.63) is 413 Å². The highest BCUT2D eigenvalue weighted by Gasteiger charge is 2.34. The van der Waals surface area contributed by atoms with E-state index >= 15 is 0 Å². The Labute approximate surface area is 852 Å². The molecule has 0 aliphatic carbocycles. The molecular weight excluding hydrogens is 1860 g/mol. The Morgan fingerprint density at radius 2 is 0.803 bits per heavy atom. The molecular formula is C117H117N14O16+. The van der Waals surface area contributed by atoms with Gasteiger partial charge in [-0.1, -0.05) is 211 Å². The highest BCUT2D eigenvalue weighted by Crippen LogP contribution is 2.34. The van der Waals surface area contributed by atoms with Crippen LogP contribution in [0.2, 0.25) is 0 Å². The van der Waals surface area contributed by atoms with E-state index in [1.807, 2.05) is 252 Å². The molecule has 0 radical (unpaired) electrons. The van der Waals surface area contributed by atoms with Crippen molar-refractivity contribution < 1.29 is 77.1 Å². The first-order chi connectivity index (χ1) is 71.2. The summed E-state index contributed by atoms with van der Waals surface area (Å²) < 4.78 is 27.1. The average Bonchev–Trinajstić information content (AvgIpc) is 1.65. The third-order valence-corrected chi connectivity index (χ3v) is 23.9. The van der Waals surface area contributed by atoms with Crippen LogP contribution in [0.5, 0.6) is 0 Å². The number of hydrogen-bond acceptors (Lipinski definition) is 23. The maximum Gasteiger partial charge on any atom is 0.375 e.